The van der Waals surface area contributed by atoms with Gasteiger partial charge < -0.3 is 10.3 Å². The van der Waals surface area contributed by atoms with Gasteiger partial charge >= 0.3 is 5.69 Å². The van der Waals surface area contributed by atoms with Crippen LogP contribution in [0.1, 0.15) is 17.4 Å². The first-order valence-corrected chi connectivity index (χ1v) is 3.97. The standard InChI is InChI=1S/C8H13N3O2/c1-5(9)7(12)6-4-10(2)8(13)11(6)3/h4-5H,9H2,1-3H3. The molecule has 0 fully saturated rings. The Balaban J connectivity index is 3.24. The van der Waals surface area contributed by atoms with Crippen LogP contribution in [0.25, 0.3) is 0 Å². The molecule has 0 aliphatic rings. The molecule has 0 saturated heterocycles. The minimum atomic E-state index is -0.576. The fraction of sp³-hybridized carbons (Fsp3) is 0.500. The van der Waals surface area contributed by atoms with Crippen molar-refractivity contribution in [2.75, 3.05) is 0 Å². The second-order valence-corrected chi connectivity index (χ2v) is 3.12. The van der Waals surface area contributed by atoms with Crippen LogP contribution in [0.4, 0.5) is 0 Å². The van der Waals surface area contributed by atoms with Crippen LogP contribution < -0.4 is 11.4 Å². The van der Waals surface area contributed by atoms with E-state index in [1.807, 2.05) is 0 Å². The fourth-order valence-electron chi connectivity index (χ4n) is 1.13. The maximum Gasteiger partial charge on any atom is 0.328 e. The Morgan fingerprint density at radius 2 is 2.08 bits per heavy atom. The van der Waals surface area contributed by atoms with Crippen molar-refractivity contribution < 1.29 is 4.79 Å². The molecule has 0 aliphatic carbocycles. The average molecular weight is 183 g/mol. The zero-order chi connectivity index (χ0) is 10.2. The maximum atomic E-state index is 11.4. The van der Waals surface area contributed by atoms with Crippen LogP contribution in [0, 0.1) is 0 Å². The van der Waals surface area contributed by atoms with Crippen molar-refractivity contribution in [3.05, 3.63) is 22.4 Å². The van der Waals surface area contributed by atoms with Gasteiger partial charge in [0.05, 0.1) is 6.04 Å². The highest BCUT2D eigenvalue weighted by Gasteiger charge is 2.16. The maximum absolute atomic E-state index is 11.4. The summed E-state index contributed by atoms with van der Waals surface area (Å²) in [7, 11) is 3.15. The van der Waals surface area contributed by atoms with E-state index in [-0.39, 0.29) is 11.5 Å². The number of rotatable bonds is 2. The van der Waals surface area contributed by atoms with Gasteiger partial charge in [0.2, 0.25) is 0 Å². The van der Waals surface area contributed by atoms with Gasteiger partial charge in [-0.2, -0.15) is 0 Å². The highest BCUT2D eigenvalue weighted by Crippen LogP contribution is 1.98. The Labute approximate surface area is 75.8 Å². The molecule has 5 nitrogen and oxygen atoms in total. The Kier molecular flexibility index (Phi) is 2.38. The third kappa shape index (κ3) is 1.55. The minimum absolute atomic E-state index is 0.219. The second kappa shape index (κ2) is 3.18. The Hall–Kier alpha value is -1.36. The van der Waals surface area contributed by atoms with Crippen LogP contribution in [0.2, 0.25) is 0 Å². The number of aromatic nitrogens is 2. The van der Waals surface area contributed by atoms with E-state index < -0.39 is 6.04 Å². The number of hydrogen-bond donors (Lipinski definition) is 1. The van der Waals surface area contributed by atoms with Gasteiger partial charge in [-0.3, -0.25) is 9.36 Å². The molecule has 1 aromatic heterocycles. The van der Waals surface area contributed by atoms with Crippen molar-refractivity contribution in [2.45, 2.75) is 13.0 Å². The summed E-state index contributed by atoms with van der Waals surface area (Å²) < 4.78 is 2.65. The minimum Gasteiger partial charge on any atom is -0.321 e. The SMILES string of the molecule is CC(N)C(=O)c1cn(C)c(=O)n1C. The first kappa shape index (κ1) is 9.73. The first-order chi connectivity index (χ1) is 5.95. The molecule has 1 unspecified atom stereocenters. The summed E-state index contributed by atoms with van der Waals surface area (Å²) in [5.74, 6) is -0.222. The van der Waals surface area contributed by atoms with Crippen molar-refractivity contribution in [1.29, 1.82) is 0 Å². The van der Waals surface area contributed by atoms with Crippen molar-refractivity contribution in [3.8, 4) is 0 Å². The molecule has 1 heterocycles. The van der Waals surface area contributed by atoms with E-state index in [4.69, 9.17) is 5.73 Å². The lowest BCUT2D eigenvalue weighted by molar-refractivity contribution is 0.0959. The van der Waals surface area contributed by atoms with E-state index in [0.717, 1.165) is 0 Å². The number of carbonyl (C=O) groups is 1. The smallest absolute Gasteiger partial charge is 0.321 e. The summed E-state index contributed by atoms with van der Waals surface area (Å²) in [6, 6.07) is -0.576. The number of nitrogens with two attached hydrogens (primary N) is 1. The summed E-state index contributed by atoms with van der Waals surface area (Å²) in [4.78, 5) is 22.7. The first-order valence-electron chi connectivity index (χ1n) is 3.97. The molecule has 0 saturated carbocycles. The van der Waals surface area contributed by atoms with Crippen LogP contribution in [-0.4, -0.2) is 21.0 Å². The molecule has 2 N–H and O–H groups in total. The molecule has 0 aromatic carbocycles. The van der Waals surface area contributed by atoms with Crippen LogP contribution >= 0.6 is 0 Å². The summed E-state index contributed by atoms with van der Waals surface area (Å²) in [6.45, 7) is 1.60. The zero-order valence-corrected chi connectivity index (χ0v) is 7.94. The highest BCUT2D eigenvalue weighted by atomic mass is 16.2. The lowest BCUT2D eigenvalue weighted by Crippen LogP contribution is -2.30. The number of ketones is 1. The number of carbonyl (C=O) groups excluding carboxylic acids is 1. The number of Topliss-reactive ketones (excluding diaryl/α,β-unsaturated/α-hetero) is 1. The van der Waals surface area contributed by atoms with Crippen LogP contribution in [0.5, 0.6) is 0 Å². The molecule has 1 aromatic rings. The average Bonchev–Trinajstić information content (AvgIpc) is 2.31. The Morgan fingerprint density at radius 1 is 1.54 bits per heavy atom. The van der Waals surface area contributed by atoms with Gasteiger partial charge in [-0.1, -0.05) is 0 Å². The van der Waals surface area contributed by atoms with Crippen LogP contribution in [-0.2, 0) is 14.1 Å². The molecule has 1 rings (SSSR count). The largest absolute Gasteiger partial charge is 0.328 e. The summed E-state index contributed by atoms with van der Waals surface area (Å²) in [6.07, 6.45) is 1.49. The van der Waals surface area contributed by atoms with E-state index >= 15 is 0 Å². The molecule has 0 spiro atoms. The normalized spacial score (nSPS) is 12.9. The number of aryl methyl sites for hydroxylation is 1. The molecule has 72 valence electrons. The summed E-state index contributed by atoms with van der Waals surface area (Å²) in [5.41, 5.74) is 5.55. The van der Waals surface area contributed by atoms with E-state index in [2.05, 4.69) is 0 Å². The predicted molar refractivity (Wildman–Crippen MR) is 48.6 cm³/mol. The van der Waals surface area contributed by atoms with Gasteiger partial charge in [-0.15, -0.1) is 0 Å². The lowest BCUT2D eigenvalue weighted by atomic mass is 10.2. The van der Waals surface area contributed by atoms with Gasteiger partial charge in [0.1, 0.15) is 5.69 Å². The number of hydrogen-bond acceptors (Lipinski definition) is 3. The Bertz CT molecular complexity index is 387. The third-order valence-corrected chi connectivity index (χ3v) is 1.93. The van der Waals surface area contributed by atoms with Crippen molar-refractivity contribution >= 4 is 5.78 Å². The Morgan fingerprint density at radius 3 is 2.38 bits per heavy atom. The summed E-state index contributed by atoms with van der Waals surface area (Å²) >= 11 is 0. The number of nitrogens with zero attached hydrogens (tertiary/aromatic N) is 2. The molecule has 0 amide bonds. The molecule has 0 bridgehead atoms. The third-order valence-electron chi connectivity index (χ3n) is 1.93. The van der Waals surface area contributed by atoms with Gasteiger partial charge in [-0.25, -0.2) is 4.79 Å². The molecule has 13 heavy (non-hydrogen) atoms. The molecule has 5 heteroatoms. The number of imidazole rings is 1. The van der Waals surface area contributed by atoms with E-state index in [9.17, 15) is 9.59 Å². The highest BCUT2D eigenvalue weighted by molar-refractivity contribution is 5.98. The quantitative estimate of drug-likeness (QED) is 0.613. The van der Waals surface area contributed by atoms with Crippen LogP contribution in [0.15, 0.2) is 11.0 Å². The lowest BCUT2D eigenvalue weighted by Gasteiger charge is -2.02. The van der Waals surface area contributed by atoms with E-state index in [1.54, 1.807) is 21.0 Å². The van der Waals surface area contributed by atoms with Gasteiger partial charge in [0, 0.05) is 20.3 Å². The van der Waals surface area contributed by atoms with Gasteiger partial charge in [-0.05, 0) is 6.92 Å². The molecular weight excluding hydrogens is 170 g/mol. The molecule has 0 radical (unpaired) electrons. The van der Waals surface area contributed by atoms with Gasteiger partial charge in [0.15, 0.2) is 5.78 Å². The van der Waals surface area contributed by atoms with E-state index in [0.29, 0.717) is 5.69 Å². The van der Waals surface area contributed by atoms with Crippen molar-refractivity contribution in [2.24, 2.45) is 19.8 Å². The molecule has 1 atom stereocenters. The van der Waals surface area contributed by atoms with E-state index in [1.165, 1.54) is 15.3 Å². The molecule has 0 aliphatic heterocycles. The summed E-state index contributed by atoms with van der Waals surface area (Å²) in [5, 5.41) is 0. The van der Waals surface area contributed by atoms with Crippen molar-refractivity contribution in [1.82, 2.24) is 9.13 Å². The fourth-order valence-corrected chi connectivity index (χ4v) is 1.13. The van der Waals surface area contributed by atoms with Gasteiger partial charge in [0.25, 0.3) is 0 Å². The monoisotopic (exact) mass is 183 g/mol. The predicted octanol–water partition coefficient (Wildman–Crippen LogP) is -0.746. The molecular formula is C8H13N3O2. The zero-order valence-electron chi connectivity index (χ0n) is 7.94. The second-order valence-electron chi connectivity index (χ2n) is 3.12. The topological polar surface area (TPSA) is 70.0 Å². The van der Waals surface area contributed by atoms with Crippen molar-refractivity contribution in [3.63, 3.8) is 0 Å². The van der Waals surface area contributed by atoms with Crippen LogP contribution in [0.3, 0.4) is 0 Å².